The van der Waals surface area contributed by atoms with Crippen LogP contribution in [-0.2, 0) is 6.42 Å². The van der Waals surface area contributed by atoms with Gasteiger partial charge in [0.15, 0.2) is 0 Å². The van der Waals surface area contributed by atoms with Gasteiger partial charge in [-0.15, -0.1) is 0 Å². The zero-order valence-corrected chi connectivity index (χ0v) is 11.7. The van der Waals surface area contributed by atoms with Crippen LogP contribution in [0.3, 0.4) is 0 Å². The van der Waals surface area contributed by atoms with E-state index in [2.05, 4.69) is 15.9 Å². The monoisotopic (exact) mass is 319 g/mol. The number of hydrogen-bond donors (Lipinski definition) is 0. The Bertz CT molecular complexity index is 639. The maximum atomic E-state index is 12.9. The second-order valence-corrected chi connectivity index (χ2v) is 5.40. The van der Waals surface area contributed by atoms with Gasteiger partial charge in [-0.05, 0) is 54.4 Å². The second-order valence-electron chi connectivity index (χ2n) is 4.48. The van der Waals surface area contributed by atoms with Crippen molar-refractivity contribution in [3.63, 3.8) is 0 Å². The molecule has 2 nitrogen and oxygen atoms in total. The van der Waals surface area contributed by atoms with Gasteiger partial charge in [-0.1, -0.05) is 15.9 Å². The molecule has 0 aromatic heterocycles. The predicted molar refractivity (Wildman–Crippen MR) is 75.9 cm³/mol. The number of carbonyl (C=O) groups excluding carboxylic acids is 1. The molecule has 1 heterocycles. The lowest BCUT2D eigenvalue weighted by atomic mass is 9.98. The summed E-state index contributed by atoms with van der Waals surface area (Å²) in [5.41, 5.74) is 2.51. The molecule has 96 valence electrons. The van der Waals surface area contributed by atoms with Crippen LogP contribution in [0.25, 0.3) is 0 Å². The summed E-state index contributed by atoms with van der Waals surface area (Å²) in [5, 5.41) is 0. The molecule has 2 aromatic rings. The van der Waals surface area contributed by atoms with Crippen molar-refractivity contribution >= 4 is 27.5 Å². The zero-order valence-electron chi connectivity index (χ0n) is 10.1. The van der Waals surface area contributed by atoms with E-state index in [1.807, 2.05) is 18.2 Å². The van der Waals surface area contributed by atoms with Gasteiger partial charge in [0.2, 0.25) is 0 Å². The molecule has 0 bridgehead atoms. The van der Waals surface area contributed by atoms with Crippen LogP contribution in [0.4, 0.5) is 10.1 Å². The fourth-order valence-corrected chi connectivity index (χ4v) is 2.73. The van der Waals surface area contributed by atoms with Gasteiger partial charge in [-0.3, -0.25) is 4.79 Å². The third-order valence-electron chi connectivity index (χ3n) is 3.29. The highest BCUT2D eigenvalue weighted by Gasteiger charge is 2.25. The van der Waals surface area contributed by atoms with E-state index < -0.39 is 0 Å². The SMILES string of the molecule is O=C1c2ccc(Br)cc2CCN1c1ccc(F)cc1. The van der Waals surface area contributed by atoms with Crippen LogP contribution in [-0.4, -0.2) is 12.5 Å². The number of anilines is 1. The Morgan fingerprint density at radius 1 is 1.11 bits per heavy atom. The van der Waals surface area contributed by atoms with E-state index in [-0.39, 0.29) is 11.7 Å². The Balaban J connectivity index is 1.97. The molecule has 0 radical (unpaired) electrons. The highest BCUT2D eigenvalue weighted by Crippen LogP contribution is 2.26. The van der Waals surface area contributed by atoms with Crippen molar-refractivity contribution in [2.24, 2.45) is 0 Å². The Morgan fingerprint density at radius 2 is 1.84 bits per heavy atom. The lowest BCUT2D eigenvalue weighted by Gasteiger charge is -2.28. The molecule has 19 heavy (non-hydrogen) atoms. The molecule has 0 atom stereocenters. The summed E-state index contributed by atoms with van der Waals surface area (Å²) < 4.78 is 13.9. The number of rotatable bonds is 1. The van der Waals surface area contributed by atoms with E-state index in [9.17, 15) is 9.18 Å². The molecular formula is C15H11BrFNO. The van der Waals surface area contributed by atoms with Crippen molar-refractivity contribution in [1.82, 2.24) is 0 Å². The van der Waals surface area contributed by atoms with Crippen LogP contribution in [0, 0.1) is 5.82 Å². The first-order valence-corrected chi connectivity index (χ1v) is 6.80. The summed E-state index contributed by atoms with van der Waals surface area (Å²) in [4.78, 5) is 14.1. The van der Waals surface area contributed by atoms with E-state index in [1.54, 1.807) is 17.0 Å². The molecule has 0 saturated heterocycles. The van der Waals surface area contributed by atoms with Crippen LogP contribution in [0.15, 0.2) is 46.9 Å². The molecule has 0 spiro atoms. The summed E-state index contributed by atoms with van der Waals surface area (Å²) >= 11 is 3.41. The Hall–Kier alpha value is -1.68. The van der Waals surface area contributed by atoms with Gasteiger partial charge in [-0.2, -0.15) is 0 Å². The van der Waals surface area contributed by atoms with Crippen LogP contribution >= 0.6 is 15.9 Å². The molecule has 0 N–H and O–H groups in total. The van der Waals surface area contributed by atoms with Gasteiger partial charge >= 0.3 is 0 Å². The number of halogens is 2. The number of carbonyl (C=O) groups is 1. The third-order valence-corrected chi connectivity index (χ3v) is 3.78. The fraction of sp³-hybridized carbons (Fsp3) is 0.133. The topological polar surface area (TPSA) is 20.3 Å². The van der Waals surface area contributed by atoms with Crippen LogP contribution < -0.4 is 4.90 Å². The van der Waals surface area contributed by atoms with Crippen molar-refractivity contribution < 1.29 is 9.18 Å². The van der Waals surface area contributed by atoms with Crippen LogP contribution in [0.5, 0.6) is 0 Å². The standard InChI is InChI=1S/C15H11BrFNO/c16-11-1-6-14-10(9-11)7-8-18(15(14)19)13-4-2-12(17)3-5-13/h1-6,9H,7-8H2. The third kappa shape index (κ3) is 2.28. The van der Waals surface area contributed by atoms with Gasteiger partial charge in [0.25, 0.3) is 5.91 Å². The van der Waals surface area contributed by atoms with Gasteiger partial charge in [0, 0.05) is 22.3 Å². The summed E-state index contributed by atoms with van der Waals surface area (Å²) in [6.07, 6.45) is 0.803. The summed E-state index contributed by atoms with van der Waals surface area (Å²) in [6, 6.07) is 11.7. The Morgan fingerprint density at radius 3 is 2.58 bits per heavy atom. The zero-order chi connectivity index (χ0) is 13.4. The van der Waals surface area contributed by atoms with Crippen molar-refractivity contribution in [3.05, 3.63) is 63.9 Å². The maximum Gasteiger partial charge on any atom is 0.258 e. The van der Waals surface area contributed by atoms with Gasteiger partial charge in [0.05, 0.1) is 0 Å². The molecule has 0 saturated carbocycles. The van der Waals surface area contributed by atoms with Gasteiger partial charge < -0.3 is 4.90 Å². The van der Waals surface area contributed by atoms with E-state index in [0.717, 1.165) is 27.7 Å². The summed E-state index contributed by atoms with van der Waals surface area (Å²) in [5.74, 6) is -0.321. The van der Waals surface area contributed by atoms with Crippen molar-refractivity contribution in [2.75, 3.05) is 11.4 Å². The summed E-state index contributed by atoms with van der Waals surface area (Å²) in [6.45, 7) is 0.619. The van der Waals surface area contributed by atoms with Crippen molar-refractivity contribution in [3.8, 4) is 0 Å². The largest absolute Gasteiger partial charge is 0.308 e. The molecule has 1 amide bonds. The molecule has 2 aromatic carbocycles. The van der Waals surface area contributed by atoms with Crippen LogP contribution in [0.2, 0.25) is 0 Å². The smallest absolute Gasteiger partial charge is 0.258 e. The van der Waals surface area contributed by atoms with Gasteiger partial charge in [0.1, 0.15) is 5.82 Å². The lowest BCUT2D eigenvalue weighted by Crippen LogP contribution is -2.37. The Kier molecular flexibility index (Phi) is 3.11. The van der Waals surface area contributed by atoms with E-state index >= 15 is 0 Å². The van der Waals surface area contributed by atoms with E-state index in [0.29, 0.717) is 6.54 Å². The molecule has 1 aliphatic rings. The number of hydrogen-bond acceptors (Lipinski definition) is 1. The first-order chi connectivity index (χ1) is 9.15. The molecule has 0 fully saturated rings. The molecule has 1 aliphatic heterocycles. The first-order valence-electron chi connectivity index (χ1n) is 6.01. The highest BCUT2D eigenvalue weighted by molar-refractivity contribution is 9.10. The minimum Gasteiger partial charge on any atom is -0.308 e. The molecule has 3 rings (SSSR count). The second kappa shape index (κ2) is 4.78. The van der Waals surface area contributed by atoms with E-state index in [4.69, 9.17) is 0 Å². The first kappa shape index (κ1) is 12.4. The number of fused-ring (bicyclic) bond motifs is 1. The maximum absolute atomic E-state index is 12.9. The predicted octanol–water partition coefficient (Wildman–Crippen LogP) is 3.79. The average Bonchev–Trinajstić information content (AvgIpc) is 2.40. The minimum absolute atomic E-state index is 0.0274. The van der Waals surface area contributed by atoms with E-state index in [1.165, 1.54) is 12.1 Å². The average molecular weight is 320 g/mol. The molecule has 0 unspecified atom stereocenters. The highest BCUT2D eigenvalue weighted by atomic mass is 79.9. The lowest BCUT2D eigenvalue weighted by molar-refractivity contribution is 0.0980. The molecule has 0 aliphatic carbocycles. The number of nitrogens with zero attached hydrogens (tertiary/aromatic N) is 1. The minimum atomic E-state index is -0.294. The normalized spacial score (nSPS) is 14.4. The summed E-state index contributed by atoms with van der Waals surface area (Å²) in [7, 11) is 0. The van der Waals surface area contributed by atoms with Crippen molar-refractivity contribution in [1.29, 1.82) is 0 Å². The van der Waals surface area contributed by atoms with Crippen molar-refractivity contribution in [2.45, 2.75) is 6.42 Å². The number of amides is 1. The molecular weight excluding hydrogens is 309 g/mol. The Labute approximate surface area is 119 Å². The van der Waals surface area contributed by atoms with Crippen LogP contribution in [0.1, 0.15) is 15.9 Å². The molecule has 4 heteroatoms. The quantitative estimate of drug-likeness (QED) is 0.783. The number of benzene rings is 2. The fourth-order valence-electron chi connectivity index (χ4n) is 2.32. The van der Waals surface area contributed by atoms with Gasteiger partial charge in [-0.25, -0.2) is 4.39 Å².